The summed E-state index contributed by atoms with van der Waals surface area (Å²) >= 11 is 0. The predicted octanol–water partition coefficient (Wildman–Crippen LogP) is 2.01. The van der Waals surface area contributed by atoms with E-state index in [1.54, 1.807) is 0 Å². The van der Waals surface area contributed by atoms with Crippen molar-refractivity contribution in [3.63, 3.8) is 0 Å². The van der Waals surface area contributed by atoms with Gasteiger partial charge < -0.3 is 9.64 Å². The Kier molecular flexibility index (Phi) is 4.03. The van der Waals surface area contributed by atoms with Crippen molar-refractivity contribution in [2.24, 2.45) is 0 Å². The second-order valence-electron chi connectivity index (χ2n) is 5.44. The van der Waals surface area contributed by atoms with Crippen LogP contribution in [0.3, 0.4) is 0 Å². The molecule has 3 rings (SSSR count). The summed E-state index contributed by atoms with van der Waals surface area (Å²) in [6.07, 6.45) is -2.13. The van der Waals surface area contributed by atoms with E-state index in [4.69, 9.17) is 4.74 Å². The van der Waals surface area contributed by atoms with E-state index in [0.717, 1.165) is 57.9 Å². The van der Waals surface area contributed by atoms with Gasteiger partial charge in [0.2, 0.25) is 0 Å². The third kappa shape index (κ3) is 3.29. The summed E-state index contributed by atoms with van der Waals surface area (Å²) < 4.78 is 43.6. The van der Waals surface area contributed by atoms with E-state index in [0.29, 0.717) is 11.9 Å². The van der Waals surface area contributed by atoms with E-state index >= 15 is 0 Å². The zero-order chi connectivity index (χ0) is 14.9. The number of nitrogens with zero attached hydrogens (tertiary/aromatic N) is 3. The van der Waals surface area contributed by atoms with Crippen LogP contribution in [0.25, 0.3) is 0 Å². The molecule has 0 radical (unpaired) electrons. The van der Waals surface area contributed by atoms with Crippen molar-refractivity contribution in [2.75, 3.05) is 44.3 Å². The highest BCUT2D eigenvalue weighted by Crippen LogP contribution is 2.31. The third-order valence-electron chi connectivity index (χ3n) is 4.12. The maximum absolute atomic E-state index is 12.8. The summed E-state index contributed by atoms with van der Waals surface area (Å²) in [5.41, 5.74) is -0.637. The second kappa shape index (κ2) is 5.81. The number of rotatable bonds is 2. The molecular formula is C14H18F3N3O. The first-order chi connectivity index (χ1) is 10.0. The fourth-order valence-electron chi connectivity index (χ4n) is 2.96. The molecule has 0 amide bonds. The number of morpholine rings is 1. The maximum Gasteiger partial charge on any atom is 0.416 e. The Balaban J connectivity index is 1.68. The minimum Gasteiger partial charge on any atom is -0.379 e. The van der Waals surface area contributed by atoms with Crippen LogP contribution in [0, 0.1) is 0 Å². The van der Waals surface area contributed by atoms with Crippen LogP contribution in [0.15, 0.2) is 18.3 Å². The van der Waals surface area contributed by atoms with Gasteiger partial charge in [0, 0.05) is 38.4 Å². The molecule has 2 saturated heterocycles. The Morgan fingerprint density at radius 3 is 2.67 bits per heavy atom. The largest absolute Gasteiger partial charge is 0.416 e. The Morgan fingerprint density at radius 1 is 1.19 bits per heavy atom. The molecule has 7 heteroatoms. The molecule has 0 saturated carbocycles. The molecular weight excluding hydrogens is 283 g/mol. The smallest absolute Gasteiger partial charge is 0.379 e. The van der Waals surface area contributed by atoms with E-state index in [1.165, 1.54) is 6.20 Å². The van der Waals surface area contributed by atoms with E-state index in [9.17, 15) is 13.2 Å². The summed E-state index contributed by atoms with van der Waals surface area (Å²) in [6, 6.07) is 2.53. The zero-order valence-electron chi connectivity index (χ0n) is 11.6. The van der Waals surface area contributed by atoms with Crippen LogP contribution in [-0.2, 0) is 10.9 Å². The highest BCUT2D eigenvalue weighted by molar-refractivity contribution is 5.43. The van der Waals surface area contributed by atoms with Crippen molar-refractivity contribution in [1.82, 2.24) is 9.88 Å². The number of ether oxygens (including phenoxy) is 1. The van der Waals surface area contributed by atoms with E-state index < -0.39 is 11.7 Å². The number of halogens is 3. The number of hydrogen-bond donors (Lipinski definition) is 0. The van der Waals surface area contributed by atoms with Crippen LogP contribution in [0.2, 0.25) is 0 Å². The molecule has 1 atom stereocenters. The Hall–Kier alpha value is -1.34. The lowest BCUT2D eigenvalue weighted by Crippen LogP contribution is -2.44. The number of anilines is 1. The van der Waals surface area contributed by atoms with Crippen LogP contribution in [0.5, 0.6) is 0 Å². The fourth-order valence-corrected chi connectivity index (χ4v) is 2.96. The number of alkyl halides is 3. The van der Waals surface area contributed by atoms with Gasteiger partial charge in [-0.1, -0.05) is 0 Å². The summed E-state index contributed by atoms with van der Waals surface area (Å²) in [7, 11) is 0. The molecule has 3 heterocycles. The van der Waals surface area contributed by atoms with Crippen molar-refractivity contribution in [1.29, 1.82) is 0 Å². The van der Waals surface area contributed by atoms with Crippen LogP contribution < -0.4 is 4.90 Å². The Labute approximate surface area is 121 Å². The number of aromatic nitrogens is 1. The van der Waals surface area contributed by atoms with Gasteiger partial charge in [-0.05, 0) is 18.6 Å². The second-order valence-corrected chi connectivity index (χ2v) is 5.44. The molecule has 1 aromatic rings. The SMILES string of the molecule is FC(F)(F)c1ccnc(N2CCC(N3CCOCC3)C2)c1. The van der Waals surface area contributed by atoms with Gasteiger partial charge >= 0.3 is 6.18 Å². The van der Waals surface area contributed by atoms with Gasteiger partial charge in [-0.25, -0.2) is 4.98 Å². The van der Waals surface area contributed by atoms with Crippen molar-refractivity contribution in [3.8, 4) is 0 Å². The molecule has 116 valence electrons. The number of hydrogen-bond acceptors (Lipinski definition) is 4. The summed E-state index contributed by atoms with van der Waals surface area (Å²) in [5, 5.41) is 0. The summed E-state index contributed by atoms with van der Waals surface area (Å²) in [4.78, 5) is 8.40. The molecule has 4 nitrogen and oxygen atoms in total. The molecule has 21 heavy (non-hydrogen) atoms. The van der Waals surface area contributed by atoms with Gasteiger partial charge in [0.15, 0.2) is 0 Å². The average molecular weight is 301 g/mol. The van der Waals surface area contributed by atoms with Gasteiger partial charge in [0.1, 0.15) is 5.82 Å². The quantitative estimate of drug-likeness (QED) is 0.835. The molecule has 0 spiro atoms. The molecule has 1 unspecified atom stereocenters. The normalized spacial score (nSPS) is 24.5. The van der Waals surface area contributed by atoms with Crippen LogP contribution in [0.1, 0.15) is 12.0 Å². The summed E-state index contributed by atoms with van der Waals surface area (Å²) in [5.74, 6) is 0.417. The first-order valence-electron chi connectivity index (χ1n) is 7.14. The molecule has 0 aromatic carbocycles. The molecule has 2 aliphatic rings. The predicted molar refractivity (Wildman–Crippen MR) is 72.2 cm³/mol. The molecule has 0 bridgehead atoms. The van der Waals surface area contributed by atoms with Crippen LogP contribution in [0.4, 0.5) is 19.0 Å². The van der Waals surface area contributed by atoms with Crippen LogP contribution in [-0.4, -0.2) is 55.3 Å². The van der Waals surface area contributed by atoms with Gasteiger partial charge in [0.25, 0.3) is 0 Å². The maximum atomic E-state index is 12.8. The molecule has 1 aromatic heterocycles. The minimum atomic E-state index is -4.32. The fraction of sp³-hybridized carbons (Fsp3) is 0.643. The molecule has 0 N–H and O–H groups in total. The van der Waals surface area contributed by atoms with E-state index in [-0.39, 0.29) is 0 Å². The van der Waals surface area contributed by atoms with E-state index in [2.05, 4.69) is 9.88 Å². The highest BCUT2D eigenvalue weighted by atomic mass is 19.4. The van der Waals surface area contributed by atoms with Crippen molar-refractivity contribution in [2.45, 2.75) is 18.6 Å². The van der Waals surface area contributed by atoms with Gasteiger partial charge in [-0.2, -0.15) is 13.2 Å². The van der Waals surface area contributed by atoms with Crippen molar-refractivity contribution >= 4 is 5.82 Å². The zero-order valence-corrected chi connectivity index (χ0v) is 11.6. The Morgan fingerprint density at radius 2 is 1.95 bits per heavy atom. The topological polar surface area (TPSA) is 28.6 Å². The highest BCUT2D eigenvalue weighted by Gasteiger charge is 2.33. The minimum absolute atomic E-state index is 0.380. The number of pyridine rings is 1. The first-order valence-corrected chi connectivity index (χ1v) is 7.14. The third-order valence-corrected chi connectivity index (χ3v) is 4.12. The monoisotopic (exact) mass is 301 g/mol. The molecule has 2 fully saturated rings. The average Bonchev–Trinajstić information content (AvgIpc) is 2.97. The first kappa shape index (κ1) is 14.6. The van der Waals surface area contributed by atoms with E-state index in [1.807, 2.05) is 4.90 Å². The van der Waals surface area contributed by atoms with Crippen LogP contribution >= 0.6 is 0 Å². The van der Waals surface area contributed by atoms with Gasteiger partial charge in [0.05, 0.1) is 18.8 Å². The lowest BCUT2D eigenvalue weighted by molar-refractivity contribution is -0.137. The summed E-state index contributed by atoms with van der Waals surface area (Å²) in [6.45, 7) is 4.74. The lowest BCUT2D eigenvalue weighted by Gasteiger charge is -2.32. The molecule has 2 aliphatic heterocycles. The Bertz CT molecular complexity index is 489. The van der Waals surface area contributed by atoms with Crippen molar-refractivity contribution in [3.05, 3.63) is 23.9 Å². The van der Waals surface area contributed by atoms with Gasteiger partial charge in [-0.15, -0.1) is 0 Å². The lowest BCUT2D eigenvalue weighted by atomic mass is 10.2. The standard InChI is InChI=1S/C14H18F3N3O/c15-14(16,17)11-1-3-18-13(9-11)20-4-2-12(10-20)19-5-7-21-8-6-19/h1,3,9,12H,2,4-8,10H2. The molecule has 0 aliphatic carbocycles. The van der Waals surface area contributed by atoms with Gasteiger partial charge in [-0.3, -0.25) is 4.90 Å². The van der Waals surface area contributed by atoms with Crippen molar-refractivity contribution < 1.29 is 17.9 Å².